The van der Waals surface area contributed by atoms with Crippen LogP contribution in [0.15, 0.2) is 24.3 Å². The lowest BCUT2D eigenvalue weighted by Gasteiger charge is -2.31. The highest BCUT2D eigenvalue weighted by Crippen LogP contribution is 2.27. The van der Waals surface area contributed by atoms with E-state index in [4.69, 9.17) is 0 Å². The van der Waals surface area contributed by atoms with E-state index < -0.39 is 5.92 Å². The summed E-state index contributed by atoms with van der Waals surface area (Å²) in [6, 6.07) is 7.10. The number of hydrogen-bond donors (Lipinski definition) is 1. The van der Waals surface area contributed by atoms with Crippen molar-refractivity contribution in [1.82, 2.24) is 10.2 Å². The van der Waals surface area contributed by atoms with Crippen molar-refractivity contribution < 1.29 is 8.78 Å². The van der Waals surface area contributed by atoms with Crippen LogP contribution in [0.5, 0.6) is 0 Å². The Morgan fingerprint density at radius 1 is 1.44 bits per heavy atom. The van der Waals surface area contributed by atoms with Crippen molar-refractivity contribution in [2.45, 2.75) is 25.3 Å². The van der Waals surface area contributed by atoms with Gasteiger partial charge in [0.15, 0.2) is 0 Å². The SMILES string of the molecule is CN1CCNC(Cc2cccc(C(C)(F)F)c2)C1. The van der Waals surface area contributed by atoms with E-state index in [2.05, 4.69) is 17.3 Å². The quantitative estimate of drug-likeness (QED) is 0.890. The van der Waals surface area contributed by atoms with Gasteiger partial charge in [0.05, 0.1) is 0 Å². The first-order valence-electron chi connectivity index (χ1n) is 6.34. The van der Waals surface area contributed by atoms with Crippen molar-refractivity contribution in [1.29, 1.82) is 0 Å². The van der Waals surface area contributed by atoms with Crippen molar-refractivity contribution in [2.24, 2.45) is 0 Å². The monoisotopic (exact) mass is 254 g/mol. The van der Waals surface area contributed by atoms with E-state index in [1.165, 1.54) is 6.07 Å². The summed E-state index contributed by atoms with van der Waals surface area (Å²) in [5, 5.41) is 3.43. The molecule has 0 radical (unpaired) electrons. The van der Waals surface area contributed by atoms with Crippen molar-refractivity contribution in [2.75, 3.05) is 26.7 Å². The highest BCUT2D eigenvalue weighted by atomic mass is 19.3. The predicted molar refractivity (Wildman–Crippen MR) is 69.0 cm³/mol. The fraction of sp³-hybridized carbons (Fsp3) is 0.571. The highest BCUT2D eigenvalue weighted by Gasteiger charge is 2.24. The zero-order valence-electron chi connectivity index (χ0n) is 10.9. The first kappa shape index (κ1) is 13.4. The van der Waals surface area contributed by atoms with Crippen molar-refractivity contribution in [3.63, 3.8) is 0 Å². The number of hydrogen-bond acceptors (Lipinski definition) is 2. The van der Waals surface area contributed by atoms with E-state index in [0.29, 0.717) is 6.04 Å². The Morgan fingerprint density at radius 3 is 2.89 bits per heavy atom. The second-order valence-electron chi connectivity index (χ2n) is 5.21. The summed E-state index contributed by atoms with van der Waals surface area (Å²) in [5.41, 5.74) is 1.07. The first-order valence-corrected chi connectivity index (χ1v) is 6.34. The molecule has 1 aromatic rings. The molecule has 1 unspecified atom stereocenters. The molecule has 1 heterocycles. The molecule has 1 aliphatic rings. The minimum absolute atomic E-state index is 0.101. The smallest absolute Gasteiger partial charge is 0.270 e. The molecular formula is C14H20F2N2. The number of alkyl halides is 2. The molecule has 0 amide bonds. The van der Waals surface area contributed by atoms with Crippen LogP contribution in [0, 0.1) is 0 Å². The molecule has 0 spiro atoms. The highest BCUT2D eigenvalue weighted by molar-refractivity contribution is 5.27. The van der Waals surface area contributed by atoms with Crippen LogP contribution in [0.1, 0.15) is 18.1 Å². The molecule has 1 atom stereocenters. The van der Waals surface area contributed by atoms with Gasteiger partial charge in [0, 0.05) is 38.2 Å². The third kappa shape index (κ3) is 3.50. The molecule has 0 aromatic heterocycles. The normalized spacial score (nSPS) is 22.1. The average Bonchev–Trinajstić information content (AvgIpc) is 2.28. The summed E-state index contributed by atoms with van der Waals surface area (Å²) in [7, 11) is 2.09. The van der Waals surface area contributed by atoms with Crippen LogP contribution < -0.4 is 5.32 Å². The summed E-state index contributed by atoms with van der Waals surface area (Å²) in [6.45, 7) is 3.92. The number of rotatable bonds is 3. The van der Waals surface area contributed by atoms with E-state index in [1.807, 2.05) is 6.07 Å². The third-order valence-corrected chi connectivity index (χ3v) is 3.37. The summed E-state index contributed by atoms with van der Waals surface area (Å²) < 4.78 is 26.5. The second-order valence-corrected chi connectivity index (χ2v) is 5.21. The van der Waals surface area contributed by atoms with Crippen molar-refractivity contribution in [3.05, 3.63) is 35.4 Å². The molecular weight excluding hydrogens is 234 g/mol. The zero-order chi connectivity index (χ0) is 13.2. The Bertz CT molecular complexity index is 401. The maximum atomic E-state index is 13.3. The molecule has 1 N–H and O–H groups in total. The van der Waals surface area contributed by atoms with Gasteiger partial charge in [-0.2, -0.15) is 0 Å². The van der Waals surface area contributed by atoms with E-state index in [9.17, 15) is 8.78 Å². The van der Waals surface area contributed by atoms with Crippen LogP contribution in [-0.4, -0.2) is 37.6 Å². The van der Waals surface area contributed by atoms with E-state index in [-0.39, 0.29) is 5.56 Å². The maximum Gasteiger partial charge on any atom is 0.270 e. The van der Waals surface area contributed by atoms with Crippen molar-refractivity contribution >= 4 is 0 Å². The number of nitrogens with one attached hydrogen (secondary N) is 1. The Morgan fingerprint density at radius 2 is 2.22 bits per heavy atom. The van der Waals surface area contributed by atoms with Crippen LogP contribution in [0.2, 0.25) is 0 Å². The van der Waals surface area contributed by atoms with Gasteiger partial charge in [0.1, 0.15) is 0 Å². The van der Waals surface area contributed by atoms with Crippen LogP contribution in [0.4, 0.5) is 8.78 Å². The minimum Gasteiger partial charge on any atom is -0.311 e. The third-order valence-electron chi connectivity index (χ3n) is 3.37. The number of piperazine rings is 1. The number of benzene rings is 1. The fourth-order valence-corrected chi connectivity index (χ4v) is 2.38. The predicted octanol–water partition coefficient (Wildman–Crippen LogP) is 2.24. The largest absolute Gasteiger partial charge is 0.311 e. The van der Waals surface area contributed by atoms with E-state index in [1.54, 1.807) is 12.1 Å². The van der Waals surface area contributed by atoms with Crippen LogP contribution in [-0.2, 0) is 12.3 Å². The number of nitrogens with zero attached hydrogens (tertiary/aromatic N) is 1. The Balaban J connectivity index is 2.05. The molecule has 2 rings (SSSR count). The van der Waals surface area contributed by atoms with E-state index in [0.717, 1.165) is 38.5 Å². The molecule has 4 heteroatoms. The average molecular weight is 254 g/mol. The lowest BCUT2D eigenvalue weighted by atomic mass is 10.00. The second kappa shape index (κ2) is 5.33. The molecule has 1 aliphatic heterocycles. The molecule has 1 saturated heterocycles. The molecule has 0 saturated carbocycles. The summed E-state index contributed by atoms with van der Waals surface area (Å²) in [6.07, 6.45) is 0.800. The first-order chi connectivity index (χ1) is 8.45. The van der Waals surface area contributed by atoms with Gasteiger partial charge in [-0.15, -0.1) is 0 Å². The topological polar surface area (TPSA) is 15.3 Å². The van der Waals surface area contributed by atoms with Gasteiger partial charge in [-0.1, -0.05) is 18.2 Å². The van der Waals surface area contributed by atoms with Crippen LogP contribution >= 0.6 is 0 Å². The summed E-state index contributed by atoms with van der Waals surface area (Å²) in [5.74, 6) is -2.76. The lowest BCUT2D eigenvalue weighted by molar-refractivity contribution is 0.0174. The molecule has 100 valence electrons. The van der Waals surface area contributed by atoms with E-state index >= 15 is 0 Å². The molecule has 0 aliphatic carbocycles. The van der Waals surface area contributed by atoms with Gasteiger partial charge in [-0.05, 0) is 25.1 Å². The van der Waals surface area contributed by atoms with Gasteiger partial charge < -0.3 is 10.2 Å². The fourth-order valence-electron chi connectivity index (χ4n) is 2.38. The Hall–Kier alpha value is -1.00. The van der Waals surface area contributed by atoms with Crippen molar-refractivity contribution in [3.8, 4) is 0 Å². The Labute approximate surface area is 107 Å². The number of likely N-dealkylation sites (N-methyl/N-ethyl adjacent to an activating group) is 1. The van der Waals surface area contributed by atoms with Gasteiger partial charge in [-0.3, -0.25) is 0 Å². The van der Waals surface area contributed by atoms with Crippen LogP contribution in [0.25, 0.3) is 0 Å². The number of halogens is 2. The standard InChI is InChI=1S/C14H20F2N2/c1-14(15,16)12-5-3-4-11(8-12)9-13-10-18(2)7-6-17-13/h3-5,8,13,17H,6-7,9-10H2,1-2H3. The molecule has 1 fully saturated rings. The van der Waals surface area contributed by atoms with Gasteiger partial charge in [0.25, 0.3) is 5.92 Å². The summed E-state index contributed by atoms with van der Waals surface area (Å²) in [4.78, 5) is 2.26. The Kier molecular flexibility index (Phi) is 3.97. The molecule has 0 bridgehead atoms. The molecule has 2 nitrogen and oxygen atoms in total. The molecule has 1 aromatic carbocycles. The van der Waals surface area contributed by atoms with Gasteiger partial charge >= 0.3 is 0 Å². The minimum atomic E-state index is -2.76. The summed E-state index contributed by atoms with van der Waals surface area (Å²) >= 11 is 0. The lowest BCUT2D eigenvalue weighted by Crippen LogP contribution is -2.49. The van der Waals surface area contributed by atoms with Crippen LogP contribution in [0.3, 0.4) is 0 Å². The van der Waals surface area contributed by atoms with Gasteiger partial charge in [-0.25, -0.2) is 8.78 Å². The van der Waals surface area contributed by atoms with Gasteiger partial charge in [0.2, 0.25) is 0 Å². The maximum absolute atomic E-state index is 13.3. The molecule has 18 heavy (non-hydrogen) atoms. The zero-order valence-corrected chi connectivity index (χ0v) is 10.9.